The average molecular weight is 415 g/mol. The zero-order valence-electron chi connectivity index (χ0n) is 15.4. The predicted molar refractivity (Wildman–Crippen MR) is 116 cm³/mol. The van der Waals surface area contributed by atoms with E-state index >= 15 is 0 Å². The summed E-state index contributed by atoms with van der Waals surface area (Å²) in [7, 11) is 3.75. The Morgan fingerprint density at radius 1 is 1.25 bits per heavy atom. The van der Waals surface area contributed by atoms with Crippen LogP contribution in [0.2, 0.25) is 5.02 Å². The molecule has 1 amide bonds. The number of hydrogen-bond donors (Lipinski definition) is 2. The van der Waals surface area contributed by atoms with Crippen LogP contribution < -0.4 is 10.9 Å². The first-order valence-electron chi connectivity index (χ1n) is 8.49. The van der Waals surface area contributed by atoms with Crippen molar-refractivity contribution in [2.24, 2.45) is 4.40 Å². The molecular formula is C20H19ClN4O2S. The number of aromatic amines is 1. The van der Waals surface area contributed by atoms with E-state index in [0.29, 0.717) is 16.1 Å². The number of H-pyrrole nitrogens is 1. The highest BCUT2D eigenvalue weighted by atomic mass is 35.5. The van der Waals surface area contributed by atoms with Crippen molar-refractivity contribution >= 4 is 52.3 Å². The van der Waals surface area contributed by atoms with Crippen LogP contribution in [0.1, 0.15) is 5.56 Å². The summed E-state index contributed by atoms with van der Waals surface area (Å²) in [5.74, 6) is -0.215. The van der Waals surface area contributed by atoms with Gasteiger partial charge >= 0.3 is 0 Å². The lowest BCUT2D eigenvalue weighted by Crippen LogP contribution is -2.15. The van der Waals surface area contributed by atoms with Crippen molar-refractivity contribution in [1.82, 2.24) is 9.88 Å². The molecule has 3 rings (SSSR count). The summed E-state index contributed by atoms with van der Waals surface area (Å²) in [6.07, 6.45) is 3.41. The van der Waals surface area contributed by atoms with Gasteiger partial charge in [-0.15, -0.1) is 0 Å². The summed E-state index contributed by atoms with van der Waals surface area (Å²) in [6.45, 7) is 0. The molecule has 2 N–H and O–H groups in total. The molecule has 3 aromatic rings. The SMILES string of the molecule is CN(C)/C=N/Sc1cc(NC(=O)Cc2ccccc2Cl)cc2c(=O)[nH]ccc12. The van der Waals surface area contributed by atoms with Crippen LogP contribution in [-0.4, -0.2) is 36.2 Å². The van der Waals surface area contributed by atoms with Gasteiger partial charge in [-0.3, -0.25) is 9.59 Å². The number of benzene rings is 2. The van der Waals surface area contributed by atoms with Crippen LogP contribution >= 0.6 is 23.5 Å². The molecule has 0 atom stereocenters. The van der Waals surface area contributed by atoms with E-state index in [0.717, 1.165) is 15.8 Å². The first kappa shape index (κ1) is 20.0. The van der Waals surface area contributed by atoms with Crippen molar-refractivity contribution in [2.75, 3.05) is 19.4 Å². The second-order valence-electron chi connectivity index (χ2n) is 6.33. The minimum atomic E-state index is -0.224. The fraction of sp³-hybridized carbons (Fsp3) is 0.150. The Hall–Kier alpha value is -2.77. The molecule has 0 aliphatic heterocycles. The summed E-state index contributed by atoms with van der Waals surface area (Å²) in [6, 6.07) is 12.5. The van der Waals surface area contributed by atoms with Gasteiger partial charge in [0.2, 0.25) is 5.91 Å². The van der Waals surface area contributed by atoms with E-state index in [1.165, 1.54) is 11.9 Å². The minimum absolute atomic E-state index is 0.143. The molecule has 0 radical (unpaired) electrons. The molecule has 2 aromatic carbocycles. The third-order valence-electron chi connectivity index (χ3n) is 3.87. The summed E-state index contributed by atoms with van der Waals surface area (Å²) < 4.78 is 4.30. The quantitative estimate of drug-likeness (QED) is 0.363. The first-order valence-corrected chi connectivity index (χ1v) is 9.65. The molecule has 8 heteroatoms. The van der Waals surface area contributed by atoms with Crippen molar-refractivity contribution in [1.29, 1.82) is 0 Å². The number of fused-ring (bicyclic) bond motifs is 1. The van der Waals surface area contributed by atoms with Gasteiger partial charge in [0.1, 0.15) is 0 Å². The summed E-state index contributed by atoms with van der Waals surface area (Å²) in [5.41, 5.74) is 1.05. The Balaban J connectivity index is 1.90. The van der Waals surface area contributed by atoms with E-state index in [4.69, 9.17) is 11.6 Å². The van der Waals surface area contributed by atoms with Crippen molar-refractivity contribution in [3.8, 4) is 0 Å². The lowest BCUT2D eigenvalue weighted by molar-refractivity contribution is -0.115. The Kier molecular flexibility index (Phi) is 6.38. The molecule has 0 spiro atoms. The molecule has 1 heterocycles. The zero-order chi connectivity index (χ0) is 20.1. The van der Waals surface area contributed by atoms with Crippen LogP contribution in [0.3, 0.4) is 0 Å². The zero-order valence-corrected chi connectivity index (χ0v) is 17.0. The molecule has 144 valence electrons. The highest BCUT2D eigenvalue weighted by Crippen LogP contribution is 2.30. The summed E-state index contributed by atoms with van der Waals surface area (Å²) >= 11 is 7.37. The van der Waals surface area contributed by atoms with Gasteiger partial charge in [0, 0.05) is 53.2 Å². The van der Waals surface area contributed by atoms with E-state index in [-0.39, 0.29) is 17.9 Å². The maximum Gasteiger partial charge on any atom is 0.255 e. The first-order chi connectivity index (χ1) is 13.4. The fourth-order valence-corrected chi connectivity index (χ4v) is 3.61. The number of anilines is 1. The van der Waals surface area contributed by atoms with Crippen molar-refractivity contribution in [3.63, 3.8) is 0 Å². The van der Waals surface area contributed by atoms with Gasteiger partial charge in [0.05, 0.1) is 18.1 Å². The number of hydrogen-bond acceptors (Lipinski definition) is 4. The molecule has 0 saturated heterocycles. The molecule has 0 saturated carbocycles. The molecule has 0 aliphatic carbocycles. The lowest BCUT2D eigenvalue weighted by Gasteiger charge is -2.10. The van der Waals surface area contributed by atoms with Gasteiger partial charge < -0.3 is 15.2 Å². The number of pyridine rings is 1. The van der Waals surface area contributed by atoms with E-state index in [2.05, 4.69) is 14.7 Å². The largest absolute Gasteiger partial charge is 0.368 e. The predicted octanol–water partition coefficient (Wildman–Crippen LogP) is 3.96. The fourth-order valence-electron chi connectivity index (χ4n) is 2.61. The van der Waals surface area contributed by atoms with Crippen molar-refractivity contribution in [3.05, 3.63) is 69.6 Å². The number of carbonyl (C=O) groups is 1. The topological polar surface area (TPSA) is 77.6 Å². The van der Waals surface area contributed by atoms with Gasteiger partial charge in [-0.1, -0.05) is 29.8 Å². The van der Waals surface area contributed by atoms with Crippen LogP contribution in [-0.2, 0) is 11.2 Å². The molecular weight excluding hydrogens is 396 g/mol. The summed E-state index contributed by atoms with van der Waals surface area (Å²) in [5, 5.41) is 4.65. The monoisotopic (exact) mass is 414 g/mol. The Bertz CT molecular complexity index is 1100. The van der Waals surface area contributed by atoms with Gasteiger partial charge in [-0.25, -0.2) is 4.40 Å². The number of aromatic nitrogens is 1. The molecule has 6 nitrogen and oxygen atoms in total. The van der Waals surface area contributed by atoms with Crippen molar-refractivity contribution in [2.45, 2.75) is 11.3 Å². The minimum Gasteiger partial charge on any atom is -0.368 e. The molecule has 0 fully saturated rings. The maximum atomic E-state index is 12.5. The molecule has 0 bridgehead atoms. The Morgan fingerprint density at radius 2 is 2.04 bits per heavy atom. The molecule has 28 heavy (non-hydrogen) atoms. The number of carbonyl (C=O) groups excluding carboxylic acids is 1. The van der Waals surface area contributed by atoms with E-state index in [9.17, 15) is 9.59 Å². The van der Waals surface area contributed by atoms with Gasteiger partial charge in [0.25, 0.3) is 5.56 Å². The van der Waals surface area contributed by atoms with Crippen LogP contribution in [0.4, 0.5) is 5.69 Å². The number of nitrogens with zero attached hydrogens (tertiary/aromatic N) is 2. The number of nitrogens with one attached hydrogen (secondary N) is 2. The summed E-state index contributed by atoms with van der Waals surface area (Å²) in [4.78, 5) is 30.0. The second-order valence-corrected chi connectivity index (χ2v) is 7.57. The van der Waals surface area contributed by atoms with Crippen molar-refractivity contribution < 1.29 is 4.79 Å². The Morgan fingerprint density at radius 3 is 2.79 bits per heavy atom. The Labute approximate surface area is 171 Å². The standard InChI is InChI=1S/C20H19ClN4O2S/c1-25(2)12-23-28-18-11-14(10-16-15(18)7-8-22-20(16)27)24-19(26)9-13-5-3-4-6-17(13)21/h3-8,10-12H,9H2,1-2H3,(H,22,27)(H,24,26)/b23-12+. The normalized spacial score (nSPS) is 11.1. The number of rotatable bonds is 6. The highest BCUT2D eigenvalue weighted by Gasteiger charge is 2.11. The van der Waals surface area contributed by atoms with Gasteiger partial charge in [0.15, 0.2) is 0 Å². The van der Waals surface area contributed by atoms with Crippen LogP contribution in [0.5, 0.6) is 0 Å². The van der Waals surface area contributed by atoms with E-state index < -0.39 is 0 Å². The van der Waals surface area contributed by atoms with Crippen LogP contribution in [0.15, 0.2) is 62.7 Å². The number of amides is 1. The average Bonchev–Trinajstić information content (AvgIpc) is 2.64. The maximum absolute atomic E-state index is 12.5. The third kappa shape index (κ3) is 4.94. The second kappa shape index (κ2) is 8.95. The lowest BCUT2D eigenvalue weighted by atomic mass is 10.1. The smallest absolute Gasteiger partial charge is 0.255 e. The van der Waals surface area contributed by atoms with Crippen LogP contribution in [0, 0.1) is 0 Å². The molecule has 0 unspecified atom stereocenters. The van der Waals surface area contributed by atoms with Crippen LogP contribution in [0.25, 0.3) is 10.8 Å². The van der Waals surface area contributed by atoms with E-state index in [1.807, 2.05) is 49.3 Å². The molecule has 0 aliphatic rings. The number of halogens is 1. The highest BCUT2D eigenvalue weighted by molar-refractivity contribution is 7.98. The van der Waals surface area contributed by atoms with E-state index in [1.54, 1.807) is 24.7 Å². The third-order valence-corrected chi connectivity index (χ3v) is 4.98. The van der Waals surface area contributed by atoms with Gasteiger partial charge in [-0.05, 0) is 29.8 Å². The molecule has 1 aromatic heterocycles. The van der Waals surface area contributed by atoms with Gasteiger partial charge in [-0.2, -0.15) is 0 Å².